The van der Waals surface area contributed by atoms with Gasteiger partial charge >= 0.3 is 0 Å². The van der Waals surface area contributed by atoms with E-state index >= 15 is 0 Å². The molecule has 1 saturated carbocycles. The Hall–Kier alpha value is -0.0400. The molecule has 1 heterocycles. The van der Waals surface area contributed by atoms with Gasteiger partial charge in [-0.25, -0.2) is 0 Å². The number of rotatable bonds is 0. The monoisotopic (exact) mass is 229 g/mol. The van der Waals surface area contributed by atoms with Gasteiger partial charge in [-0.1, -0.05) is 54.4 Å². The van der Waals surface area contributed by atoms with Crippen LogP contribution in [0.3, 0.4) is 0 Å². The Morgan fingerprint density at radius 2 is 1.19 bits per heavy atom. The van der Waals surface area contributed by atoms with Gasteiger partial charge in [0.15, 0.2) is 0 Å². The molecule has 2 aliphatic rings. The second-order valence-electron chi connectivity index (χ2n) is 4.19. The molecule has 1 spiro atoms. The van der Waals surface area contributed by atoms with Crippen LogP contribution in [0.15, 0.2) is 0 Å². The molecule has 0 unspecified atom stereocenters. The Morgan fingerprint density at radius 3 is 1.50 bits per heavy atom. The lowest BCUT2D eigenvalue weighted by atomic mass is 9.86. The molecule has 1 heteroatoms. The molecule has 2 rings (SSSR count). The van der Waals surface area contributed by atoms with Crippen molar-refractivity contribution in [1.82, 2.24) is 4.90 Å². The van der Waals surface area contributed by atoms with E-state index in [0.717, 1.165) is 5.41 Å². The zero-order chi connectivity index (χ0) is 13.0. The highest BCUT2D eigenvalue weighted by atomic mass is 15.1. The molecule has 1 aliphatic carbocycles. The molecule has 0 N–H and O–H groups in total. The third kappa shape index (κ3) is 5.89. The first-order valence-electron chi connectivity index (χ1n) is 7.49. The summed E-state index contributed by atoms with van der Waals surface area (Å²) < 4.78 is 0. The van der Waals surface area contributed by atoms with Crippen LogP contribution in [0.1, 0.15) is 73.6 Å². The molecule has 2 fully saturated rings. The maximum Gasteiger partial charge on any atom is 0.00354 e. The van der Waals surface area contributed by atoms with E-state index in [4.69, 9.17) is 0 Å². The molecule has 0 amide bonds. The van der Waals surface area contributed by atoms with Gasteiger partial charge in [0, 0.05) is 6.54 Å². The Morgan fingerprint density at radius 1 is 0.750 bits per heavy atom. The fraction of sp³-hybridized carbons (Fsp3) is 1.00. The molecule has 16 heavy (non-hydrogen) atoms. The normalized spacial score (nSPS) is 21.2. The summed E-state index contributed by atoms with van der Waals surface area (Å²) in [7, 11) is 2.26. The van der Waals surface area contributed by atoms with E-state index in [1.54, 1.807) is 0 Å². The first-order chi connectivity index (χ1) is 7.81. The van der Waals surface area contributed by atoms with Crippen molar-refractivity contribution in [1.29, 1.82) is 0 Å². The van der Waals surface area contributed by atoms with E-state index < -0.39 is 0 Å². The Kier molecular flexibility index (Phi) is 13.1. The van der Waals surface area contributed by atoms with Crippen LogP contribution in [0.2, 0.25) is 0 Å². The van der Waals surface area contributed by atoms with E-state index in [9.17, 15) is 0 Å². The van der Waals surface area contributed by atoms with E-state index in [2.05, 4.69) is 11.9 Å². The molecule has 0 aromatic heterocycles. The van der Waals surface area contributed by atoms with Crippen molar-refractivity contribution in [3.05, 3.63) is 0 Å². The summed E-state index contributed by atoms with van der Waals surface area (Å²) in [6, 6.07) is 0. The van der Waals surface area contributed by atoms with Gasteiger partial charge in [0.2, 0.25) is 0 Å². The molecule has 0 aromatic carbocycles. The SMILES string of the molecule is CC.CC.CC.CN1CCC2(CCCC2)C1. The number of hydrogen-bond acceptors (Lipinski definition) is 1. The third-order valence-corrected chi connectivity index (χ3v) is 3.29. The summed E-state index contributed by atoms with van der Waals surface area (Å²) in [6.07, 6.45) is 7.49. The van der Waals surface area contributed by atoms with Crippen molar-refractivity contribution in [3.63, 3.8) is 0 Å². The van der Waals surface area contributed by atoms with Crippen LogP contribution < -0.4 is 0 Å². The van der Waals surface area contributed by atoms with Crippen LogP contribution in [-0.2, 0) is 0 Å². The van der Waals surface area contributed by atoms with E-state index in [1.807, 2.05) is 41.5 Å². The Bertz CT molecular complexity index is 125. The third-order valence-electron chi connectivity index (χ3n) is 3.29. The predicted molar refractivity (Wildman–Crippen MR) is 77.1 cm³/mol. The van der Waals surface area contributed by atoms with Gasteiger partial charge in [-0.2, -0.15) is 0 Å². The van der Waals surface area contributed by atoms with Gasteiger partial charge in [0.05, 0.1) is 0 Å². The predicted octanol–water partition coefficient (Wildman–Crippen LogP) is 4.96. The van der Waals surface area contributed by atoms with Crippen LogP contribution in [0, 0.1) is 5.41 Å². The van der Waals surface area contributed by atoms with Crippen molar-refractivity contribution in [2.75, 3.05) is 20.1 Å². The van der Waals surface area contributed by atoms with Crippen LogP contribution >= 0.6 is 0 Å². The molecular formula is C15H35N. The summed E-state index contributed by atoms with van der Waals surface area (Å²) in [6.45, 7) is 14.7. The lowest BCUT2D eigenvalue weighted by Gasteiger charge is -2.21. The lowest BCUT2D eigenvalue weighted by Crippen LogP contribution is -2.21. The Labute approximate surface area is 105 Å². The molecular weight excluding hydrogens is 194 g/mol. The fourth-order valence-electron chi connectivity index (χ4n) is 2.69. The molecule has 0 bridgehead atoms. The number of nitrogens with zero attached hydrogens (tertiary/aromatic N) is 1. The Balaban J connectivity index is 0. The van der Waals surface area contributed by atoms with Crippen molar-refractivity contribution in [3.8, 4) is 0 Å². The molecule has 0 atom stereocenters. The van der Waals surface area contributed by atoms with Crippen LogP contribution in [0.4, 0.5) is 0 Å². The average molecular weight is 229 g/mol. The summed E-state index contributed by atoms with van der Waals surface area (Å²) in [5.74, 6) is 0. The van der Waals surface area contributed by atoms with Gasteiger partial charge < -0.3 is 4.90 Å². The zero-order valence-corrected chi connectivity index (χ0v) is 12.9. The minimum Gasteiger partial charge on any atom is -0.306 e. The minimum absolute atomic E-state index is 0.786. The second-order valence-corrected chi connectivity index (χ2v) is 4.19. The zero-order valence-electron chi connectivity index (χ0n) is 12.9. The van der Waals surface area contributed by atoms with E-state index in [1.165, 1.54) is 45.2 Å². The highest BCUT2D eigenvalue weighted by molar-refractivity contribution is 4.91. The highest BCUT2D eigenvalue weighted by Crippen LogP contribution is 2.44. The van der Waals surface area contributed by atoms with Gasteiger partial charge in [-0.05, 0) is 38.3 Å². The first-order valence-corrected chi connectivity index (χ1v) is 7.49. The standard InChI is InChI=1S/C9H17N.3C2H6/c1-10-7-6-9(8-10)4-2-3-5-9;3*1-2/h2-8H2,1H3;3*1-2H3. The van der Waals surface area contributed by atoms with E-state index in [0.29, 0.717) is 0 Å². The second kappa shape index (κ2) is 11.4. The van der Waals surface area contributed by atoms with Gasteiger partial charge in [0.1, 0.15) is 0 Å². The highest BCUT2D eigenvalue weighted by Gasteiger charge is 2.38. The minimum atomic E-state index is 0.786. The number of likely N-dealkylation sites (tertiary alicyclic amines) is 1. The van der Waals surface area contributed by atoms with Gasteiger partial charge in [0.25, 0.3) is 0 Å². The quantitative estimate of drug-likeness (QED) is 0.567. The number of hydrogen-bond donors (Lipinski definition) is 0. The van der Waals surface area contributed by atoms with Crippen molar-refractivity contribution >= 4 is 0 Å². The largest absolute Gasteiger partial charge is 0.306 e. The molecule has 1 saturated heterocycles. The summed E-state index contributed by atoms with van der Waals surface area (Å²) in [4.78, 5) is 2.49. The summed E-state index contributed by atoms with van der Waals surface area (Å²) >= 11 is 0. The summed E-state index contributed by atoms with van der Waals surface area (Å²) in [5.41, 5.74) is 0.786. The maximum atomic E-state index is 2.49. The van der Waals surface area contributed by atoms with Crippen molar-refractivity contribution < 1.29 is 0 Å². The van der Waals surface area contributed by atoms with Crippen molar-refractivity contribution in [2.45, 2.75) is 73.6 Å². The maximum absolute atomic E-state index is 2.49. The molecule has 100 valence electrons. The molecule has 1 aliphatic heterocycles. The fourth-order valence-corrected chi connectivity index (χ4v) is 2.69. The molecule has 0 radical (unpaired) electrons. The molecule has 1 nitrogen and oxygen atoms in total. The van der Waals surface area contributed by atoms with Crippen molar-refractivity contribution in [2.24, 2.45) is 5.41 Å². The lowest BCUT2D eigenvalue weighted by molar-refractivity contribution is 0.289. The van der Waals surface area contributed by atoms with Crippen LogP contribution in [0.25, 0.3) is 0 Å². The molecule has 0 aromatic rings. The average Bonchev–Trinajstić information content (AvgIpc) is 2.98. The van der Waals surface area contributed by atoms with E-state index in [-0.39, 0.29) is 0 Å². The smallest absolute Gasteiger partial charge is 0.00354 e. The first kappa shape index (κ1) is 18.3. The topological polar surface area (TPSA) is 3.24 Å². The van der Waals surface area contributed by atoms with Gasteiger partial charge in [-0.15, -0.1) is 0 Å². The van der Waals surface area contributed by atoms with Crippen LogP contribution in [-0.4, -0.2) is 25.0 Å². The van der Waals surface area contributed by atoms with Gasteiger partial charge in [-0.3, -0.25) is 0 Å². The summed E-state index contributed by atoms with van der Waals surface area (Å²) in [5, 5.41) is 0. The van der Waals surface area contributed by atoms with Crippen LogP contribution in [0.5, 0.6) is 0 Å².